The molecule has 0 unspecified atom stereocenters. The third-order valence-electron chi connectivity index (χ3n) is 2.07. The summed E-state index contributed by atoms with van der Waals surface area (Å²) in [7, 11) is -5.05. The van der Waals surface area contributed by atoms with Crippen LogP contribution < -0.4 is 0 Å². The minimum atomic E-state index is -5.05. The van der Waals surface area contributed by atoms with Crippen LogP contribution in [-0.2, 0) is 19.3 Å². The number of ether oxygens (including phenoxy) is 1. The van der Waals surface area contributed by atoms with E-state index >= 15 is 0 Å². The predicted molar refractivity (Wildman–Crippen MR) is 51.3 cm³/mol. The zero-order valence-electron chi connectivity index (χ0n) is 7.83. The largest absolute Gasteiger partial charge is 0.726 e. The van der Waals surface area contributed by atoms with Gasteiger partial charge in [0.25, 0.3) is 0 Å². The molecule has 10 heteroatoms. The fourth-order valence-corrected chi connectivity index (χ4v) is 2.27. The molecule has 0 saturated carbocycles. The van der Waals surface area contributed by atoms with E-state index in [0.717, 1.165) is 0 Å². The van der Waals surface area contributed by atoms with Gasteiger partial charge < -0.3 is 24.6 Å². The van der Waals surface area contributed by atoms with E-state index in [1.54, 1.807) is 0 Å². The molecule has 8 nitrogen and oxygen atoms in total. The van der Waals surface area contributed by atoms with Gasteiger partial charge in [0.2, 0.25) is 10.4 Å². The van der Waals surface area contributed by atoms with Crippen molar-refractivity contribution < 1.29 is 37.2 Å². The van der Waals surface area contributed by atoms with Crippen LogP contribution in [0.15, 0.2) is 0 Å². The van der Waals surface area contributed by atoms with Gasteiger partial charge in [0.05, 0.1) is 6.61 Å². The van der Waals surface area contributed by atoms with Crippen LogP contribution in [-0.4, -0.2) is 64.7 Å². The van der Waals surface area contributed by atoms with Crippen molar-refractivity contribution in [1.29, 1.82) is 0 Å². The molecule has 0 radical (unpaired) electrons. The van der Waals surface area contributed by atoms with Crippen molar-refractivity contribution in [2.75, 3.05) is 6.61 Å². The zero-order valence-corrected chi connectivity index (χ0v) is 9.54. The quantitative estimate of drug-likeness (QED) is 0.246. The van der Waals surface area contributed by atoms with Crippen molar-refractivity contribution in [2.45, 2.75) is 29.9 Å². The fraction of sp³-hybridized carbons (Fsp3) is 1.00. The van der Waals surface area contributed by atoms with Gasteiger partial charge >= 0.3 is 0 Å². The SMILES string of the molecule is O=S(=O)([O-])O[C@@H]1[C@@H](O)[C@H](O)[C@@H](CO)O[C@H]1S. The Morgan fingerprint density at radius 2 is 1.94 bits per heavy atom. The number of rotatable bonds is 3. The average molecular weight is 275 g/mol. The molecular formula is C6H11O8S2-. The molecule has 0 aliphatic carbocycles. The maximum atomic E-state index is 10.3. The Balaban J connectivity index is 2.80. The summed E-state index contributed by atoms with van der Waals surface area (Å²) in [5.41, 5.74) is -1.25. The zero-order chi connectivity index (χ0) is 12.5. The maximum absolute atomic E-state index is 10.3. The lowest BCUT2D eigenvalue weighted by molar-refractivity contribution is -0.199. The number of thiol groups is 1. The van der Waals surface area contributed by atoms with Crippen molar-refractivity contribution in [2.24, 2.45) is 0 Å². The Morgan fingerprint density at radius 1 is 1.38 bits per heavy atom. The maximum Gasteiger partial charge on any atom is 0.218 e. The third-order valence-corrected chi connectivity index (χ3v) is 2.95. The topological polar surface area (TPSA) is 136 Å². The molecule has 1 heterocycles. The normalized spacial score (nSPS) is 40.9. The molecule has 16 heavy (non-hydrogen) atoms. The lowest BCUT2D eigenvalue weighted by Crippen LogP contribution is -2.58. The highest BCUT2D eigenvalue weighted by Gasteiger charge is 2.44. The first-order chi connectivity index (χ1) is 7.26. The van der Waals surface area contributed by atoms with E-state index in [-0.39, 0.29) is 0 Å². The molecule has 0 aromatic rings. The van der Waals surface area contributed by atoms with Crippen LogP contribution in [0.1, 0.15) is 0 Å². The van der Waals surface area contributed by atoms with Gasteiger partial charge in [-0.15, -0.1) is 12.6 Å². The molecule has 0 amide bonds. The molecule has 1 aliphatic heterocycles. The summed E-state index contributed by atoms with van der Waals surface area (Å²) in [5.74, 6) is 0. The van der Waals surface area contributed by atoms with Gasteiger partial charge in [-0.25, -0.2) is 8.42 Å². The monoisotopic (exact) mass is 275 g/mol. The molecule has 0 aromatic carbocycles. The van der Waals surface area contributed by atoms with Gasteiger partial charge in [-0.1, -0.05) is 0 Å². The van der Waals surface area contributed by atoms with Crippen LogP contribution in [0.3, 0.4) is 0 Å². The first kappa shape index (κ1) is 14.1. The highest BCUT2D eigenvalue weighted by atomic mass is 32.3. The summed E-state index contributed by atoms with van der Waals surface area (Å²) in [6, 6.07) is 0. The van der Waals surface area contributed by atoms with Crippen LogP contribution in [0, 0.1) is 0 Å². The van der Waals surface area contributed by atoms with Crippen LogP contribution in [0.5, 0.6) is 0 Å². The van der Waals surface area contributed by atoms with E-state index in [2.05, 4.69) is 16.8 Å². The molecule has 1 fully saturated rings. The lowest BCUT2D eigenvalue weighted by atomic mass is 10.0. The van der Waals surface area contributed by atoms with Gasteiger partial charge in [-0.3, -0.25) is 4.18 Å². The molecule has 1 rings (SSSR count). The highest BCUT2D eigenvalue weighted by molar-refractivity contribution is 7.81. The number of aliphatic hydroxyl groups excluding tert-OH is 3. The van der Waals surface area contributed by atoms with E-state index in [4.69, 9.17) is 9.84 Å². The Labute approximate surface area is 97.2 Å². The summed E-state index contributed by atoms with van der Waals surface area (Å²) >= 11 is 3.75. The van der Waals surface area contributed by atoms with Crippen LogP contribution >= 0.6 is 12.6 Å². The molecule has 1 aliphatic rings. The molecule has 0 aromatic heterocycles. The highest BCUT2D eigenvalue weighted by Crippen LogP contribution is 2.26. The molecule has 1 saturated heterocycles. The molecule has 3 N–H and O–H groups in total. The van der Waals surface area contributed by atoms with Crippen molar-refractivity contribution in [3.63, 3.8) is 0 Å². The summed E-state index contributed by atoms with van der Waals surface area (Å²) in [6.45, 7) is -0.591. The Morgan fingerprint density at radius 3 is 2.38 bits per heavy atom. The number of aliphatic hydroxyl groups is 3. The van der Waals surface area contributed by atoms with Gasteiger partial charge in [0.1, 0.15) is 29.9 Å². The van der Waals surface area contributed by atoms with Gasteiger partial charge in [0.15, 0.2) is 0 Å². The van der Waals surface area contributed by atoms with Gasteiger partial charge in [-0.05, 0) is 0 Å². The summed E-state index contributed by atoms with van der Waals surface area (Å²) in [6.07, 6.45) is -6.01. The average Bonchev–Trinajstić information content (AvgIpc) is 2.17. The Hall–Kier alpha value is 0.0600. The van der Waals surface area contributed by atoms with Gasteiger partial charge in [0, 0.05) is 0 Å². The minimum Gasteiger partial charge on any atom is -0.726 e. The minimum absolute atomic E-state index is 0.591. The van der Waals surface area contributed by atoms with Gasteiger partial charge in [-0.2, -0.15) is 0 Å². The smallest absolute Gasteiger partial charge is 0.218 e. The van der Waals surface area contributed by atoms with E-state index < -0.39 is 46.9 Å². The Bertz CT molecular complexity index is 329. The fourth-order valence-electron chi connectivity index (χ4n) is 1.31. The number of hydrogen-bond acceptors (Lipinski definition) is 9. The van der Waals surface area contributed by atoms with E-state index in [0.29, 0.717) is 0 Å². The standard InChI is InChI=1S/C6H12O8S2/c7-1-2-3(8)4(9)5(6(15)13-2)14-16(10,11)12/h2-9,15H,1H2,(H,10,11,12)/p-1/t2-,3-,4+,5-,6+/m1/s1. The van der Waals surface area contributed by atoms with Crippen molar-refractivity contribution >= 4 is 23.0 Å². The molecule has 96 valence electrons. The summed E-state index contributed by atoms with van der Waals surface area (Å²) in [5, 5.41) is 27.6. The van der Waals surface area contributed by atoms with E-state index in [1.807, 2.05) is 0 Å². The Kier molecular flexibility index (Phi) is 4.54. The second-order valence-corrected chi connectivity index (χ2v) is 4.72. The van der Waals surface area contributed by atoms with Crippen LogP contribution in [0.4, 0.5) is 0 Å². The molecular weight excluding hydrogens is 264 g/mol. The molecule has 5 atom stereocenters. The van der Waals surface area contributed by atoms with Crippen molar-refractivity contribution in [3.05, 3.63) is 0 Å². The predicted octanol–water partition coefficient (Wildman–Crippen LogP) is -2.80. The third kappa shape index (κ3) is 3.28. The number of hydrogen-bond donors (Lipinski definition) is 4. The lowest BCUT2D eigenvalue weighted by Gasteiger charge is -2.40. The van der Waals surface area contributed by atoms with E-state index in [1.165, 1.54) is 0 Å². The second kappa shape index (κ2) is 5.14. The first-order valence-electron chi connectivity index (χ1n) is 4.21. The van der Waals surface area contributed by atoms with Crippen molar-refractivity contribution in [3.8, 4) is 0 Å². The first-order valence-corrected chi connectivity index (χ1v) is 6.06. The van der Waals surface area contributed by atoms with Crippen molar-refractivity contribution in [1.82, 2.24) is 0 Å². The molecule has 0 spiro atoms. The molecule has 0 bridgehead atoms. The second-order valence-electron chi connectivity index (χ2n) is 3.20. The summed E-state index contributed by atoms with van der Waals surface area (Å²) < 4.78 is 39.9. The van der Waals surface area contributed by atoms with Crippen LogP contribution in [0.25, 0.3) is 0 Å². The van der Waals surface area contributed by atoms with Crippen LogP contribution in [0.2, 0.25) is 0 Å². The van der Waals surface area contributed by atoms with E-state index in [9.17, 15) is 23.2 Å². The summed E-state index contributed by atoms with van der Waals surface area (Å²) in [4.78, 5) is 0.